The Morgan fingerprint density at radius 1 is 1.00 bits per heavy atom. The van der Waals surface area contributed by atoms with Gasteiger partial charge >= 0.3 is 0 Å². The van der Waals surface area contributed by atoms with Gasteiger partial charge in [-0.2, -0.15) is 3.89 Å². The fourth-order valence-electron chi connectivity index (χ4n) is 2.79. The van der Waals surface area contributed by atoms with Crippen molar-refractivity contribution in [1.82, 2.24) is 5.32 Å². The number of unbranched alkanes of at least 4 members (excludes halogenated alkanes) is 1. The van der Waals surface area contributed by atoms with Gasteiger partial charge in [0, 0.05) is 40.1 Å². The van der Waals surface area contributed by atoms with Gasteiger partial charge in [-0.15, -0.1) is 15.6 Å². The van der Waals surface area contributed by atoms with Crippen molar-refractivity contribution in [2.75, 3.05) is 20.1 Å². The largest absolute Gasteiger partial charge is 0.355 e. The van der Waals surface area contributed by atoms with Gasteiger partial charge in [-0.05, 0) is 24.3 Å². The lowest BCUT2D eigenvalue weighted by Crippen LogP contribution is -2.35. The maximum absolute atomic E-state index is 14.2. The van der Waals surface area contributed by atoms with Gasteiger partial charge in [0.05, 0.1) is 0 Å². The Hall–Kier alpha value is -1.35. The summed E-state index contributed by atoms with van der Waals surface area (Å²) in [4.78, 5) is 21.7. The van der Waals surface area contributed by atoms with Gasteiger partial charge in [-0.25, -0.2) is 0 Å². The number of amides is 1. The van der Waals surface area contributed by atoms with Crippen molar-refractivity contribution in [2.24, 2.45) is 11.5 Å². The van der Waals surface area contributed by atoms with Crippen LogP contribution in [0.1, 0.15) is 92.4 Å². The van der Waals surface area contributed by atoms with E-state index in [0.717, 1.165) is 4.90 Å². The zero-order chi connectivity index (χ0) is 28.7. The summed E-state index contributed by atoms with van der Waals surface area (Å²) in [6.45, 7) is 25.0. The predicted molar refractivity (Wildman–Crippen MR) is 160 cm³/mol. The van der Waals surface area contributed by atoms with Crippen molar-refractivity contribution in [1.29, 1.82) is 0 Å². The number of hydrogen-bond donors (Lipinski definition) is 3. The van der Waals surface area contributed by atoms with Gasteiger partial charge in [0.1, 0.15) is 17.5 Å². The lowest BCUT2D eigenvalue weighted by atomic mass is 10.2. The van der Waals surface area contributed by atoms with E-state index in [4.69, 9.17) is 10.5 Å². The van der Waals surface area contributed by atoms with Crippen LogP contribution in [0.25, 0.3) is 0 Å². The Balaban J connectivity index is -0.000000282. The van der Waals surface area contributed by atoms with Crippen LogP contribution in [0.15, 0.2) is 41.8 Å². The number of carbonyl (C=O) groups excluding carboxylic acids is 2. The second-order valence-corrected chi connectivity index (χ2v) is 14.9. The molecule has 0 radical (unpaired) electrons. The molecular weight excluding hydrogens is 481 g/mol. The Bertz CT molecular complexity index is 632. The zero-order valence-corrected chi connectivity index (χ0v) is 25.8. The van der Waals surface area contributed by atoms with Crippen LogP contribution in [0.4, 0.5) is 3.89 Å². The highest BCUT2D eigenvalue weighted by atomic mass is 33.2. The molecule has 0 heterocycles. The minimum Gasteiger partial charge on any atom is -0.355 e. The molecule has 0 aliphatic rings. The number of aldehydes is 1. The highest BCUT2D eigenvalue weighted by Crippen LogP contribution is 2.80. The molecule has 8 heteroatoms. The fourth-order valence-corrected chi connectivity index (χ4v) is 8.70. The van der Waals surface area contributed by atoms with Crippen LogP contribution in [0.3, 0.4) is 0 Å². The lowest BCUT2D eigenvalue weighted by molar-refractivity contribution is -0.106. The van der Waals surface area contributed by atoms with Gasteiger partial charge in [0.2, 0.25) is 0 Å². The van der Waals surface area contributed by atoms with E-state index < -0.39 is 9.06 Å². The van der Waals surface area contributed by atoms with E-state index in [1.165, 1.54) is 12.8 Å². The predicted octanol–water partition coefficient (Wildman–Crippen LogP) is 7.45. The molecule has 5 nitrogen and oxygen atoms in total. The molecule has 0 aliphatic carbocycles. The van der Waals surface area contributed by atoms with Gasteiger partial charge in [0.15, 0.2) is 0 Å². The van der Waals surface area contributed by atoms with Crippen molar-refractivity contribution >= 4 is 32.4 Å². The molecule has 0 aliphatic heterocycles. The molecule has 35 heavy (non-hydrogen) atoms. The second-order valence-electron chi connectivity index (χ2n) is 8.87. The van der Waals surface area contributed by atoms with Crippen LogP contribution in [-0.2, 0) is 4.79 Å². The van der Waals surface area contributed by atoms with E-state index >= 15 is 0 Å². The van der Waals surface area contributed by atoms with Crippen LogP contribution < -0.4 is 16.8 Å². The standard InChI is InChI=1S/C16H26FNOS2.C4H10.C3H7N.C2H5NO.C2H6/c1-15(2,3)21(20-17,16(4,5)6)13-10-8-12(9-11-13)14(19)18-7;1-3-4-2;1-2-3-4;3-1-2-4;1-2/h8-11H,1-7H3,(H,18,19);3-4H2,1-2H3;2H,1,3-4H2;2H,1,3H2;1-2H3. The van der Waals surface area contributed by atoms with E-state index in [-0.39, 0.29) is 21.9 Å². The van der Waals surface area contributed by atoms with E-state index in [9.17, 15) is 8.68 Å². The molecule has 0 spiro atoms. The van der Waals surface area contributed by atoms with Gasteiger partial charge in [0.25, 0.3) is 5.91 Å². The van der Waals surface area contributed by atoms with Crippen molar-refractivity contribution in [3.8, 4) is 0 Å². The number of hydrogen-bond acceptors (Lipinski definition) is 5. The first kappa shape index (κ1) is 40.8. The number of benzene rings is 1. The number of rotatable bonds is 6. The maximum Gasteiger partial charge on any atom is 0.251 e. The Kier molecular flexibility index (Phi) is 26.9. The van der Waals surface area contributed by atoms with Crippen molar-refractivity contribution in [3.05, 3.63) is 42.5 Å². The number of carbonyl (C=O) groups is 2. The summed E-state index contributed by atoms with van der Waals surface area (Å²) in [6.07, 6.45) is 4.94. The van der Waals surface area contributed by atoms with Crippen LogP contribution >= 0.6 is 20.2 Å². The molecule has 0 aromatic heterocycles. The quantitative estimate of drug-likeness (QED) is 0.200. The third-order valence-corrected chi connectivity index (χ3v) is 13.0. The first-order valence-corrected chi connectivity index (χ1v) is 15.0. The van der Waals surface area contributed by atoms with E-state index in [0.29, 0.717) is 29.6 Å². The third-order valence-electron chi connectivity index (χ3n) is 4.26. The van der Waals surface area contributed by atoms with Crippen molar-refractivity contribution in [3.63, 3.8) is 0 Å². The SMILES string of the molecule is C=CCN.CC.CCCC.CNC(=O)c1ccc(S(SF)(C(C)(C)C)C(C)(C)C)cc1.NCC=O. The molecule has 1 aromatic rings. The highest BCUT2D eigenvalue weighted by molar-refractivity contribution is 8.93. The van der Waals surface area contributed by atoms with E-state index in [1.54, 1.807) is 25.3 Å². The van der Waals surface area contributed by atoms with Gasteiger partial charge < -0.3 is 21.6 Å². The van der Waals surface area contributed by atoms with Crippen LogP contribution in [0.5, 0.6) is 0 Å². The molecule has 1 amide bonds. The number of nitrogens with one attached hydrogen (secondary N) is 1. The molecule has 0 bridgehead atoms. The molecule has 1 aromatic carbocycles. The topological polar surface area (TPSA) is 98.2 Å². The first-order chi connectivity index (χ1) is 16.3. The molecule has 0 fully saturated rings. The highest BCUT2D eigenvalue weighted by Gasteiger charge is 2.48. The molecule has 0 atom stereocenters. The summed E-state index contributed by atoms with van der Waals surface area (Å²) in [5.74, 6) is -0.124. The Morgan fingerprint density at radius 3 is 1.51 bits per heavy atom. The summed E-state index contributed by atoms with van der Waals surface area (Å²) in [5, 5.41) is 2.60. The number of nitrogens with two attached hydrogens (primary N) is 2. The summed E-state index contributed by atoms with van der Waals surface area (Å²) in [6, 6.07) is 7.37. The van der Waals surface area contributed by atoms with Gasteiger partial charge in [-0.1, -0.05) is 88.2 Å². The molecular formula is C27H54FN3O2S2. The average molecular weight is 536 g/mol. The molecule has 208 valence electrons. The normalized spacial score (nSPS) is 10.8. The fraction of sp³-hybridized carbons (Fsp3) is 0.630. The lowest BCUT2D eigenvalue weighted by Gasteiger charge is -2.55. The smallest absolute Gasteiger partial charge is 0.251 e. The van der Waals surface area contributed by atoms with E-state index in [2.05, 4.69) is 73.0 Å². The summed E-state index contributed by atoms with van der Waals surface area (Å²) in [7, 11) is -0.172. The second kappa shape index (κ2) is 23.1. The summed E-state index contributed by atoms with van der Waals surface area (Å²) in [5.41, 5.74) is 10.2. The molecule has 0 saturated heterocycles. The van der Waals surface area contributed by atoms with Crippen LogP contribution in [0, 0.1) is 0 Å². The molecule has 1 rings (SSSR count). The first-order valence-electron chi connectivity index (χ1n) is 12.1. The summed E-state index contributed by atoms with van der Waals surface area (Å²) < 4.78 is 13.8. The van der Waals surface area contributed by atoms with Gasteiger partial charge in [-0.3, -0.25) is 4.79 Å². The number of halogens is 1. The minimum absolute atomic E-state index is 0.124. The van der Waals surface area contributed by atoms with E-state index in [1.807, 2.05) is 26.0 Å². The zero-order valence-electron chi connectivity index (χ0n) is 24.2. The van der Waals surface area contributed by atoms with Crippen molar-refractivity contribution in [2.45, 2.75) is 96.5 Å². The van der Waals surface area contributed by atoms with Crippen LogP contribution in [-0.4, -0.2) is 41.8 Å². The third kappa shape index (κ3) is 15.4. The average Bonchev–Trinajstić information content (AvgIpc) is 2.84. The molecule has 5 N–H and O–H groups in total. The maximum atomic E-state index is 14.2. The Morgan fingerprint density at radius 2 is 1.34 bits per heavy atom. The molecule has 0 saturated carbocycles. The molecule has 0 unspecified atom stereocenters. The van der Waals surface area contributed by atoms with Crippen LogP contribution in [0.2, 0.25) is 0 Å². The monoisotopic (exact) mass is 535 g/mol. The minimum atomic E-state index is -1.78. The van der Waals surface area contributed by atoms with Crippen molar-refractivity contribution < 1.29 is 13.5 Å². The summed E-state index contributed by atoms with van der Waals surface area (Å²) >= 11 is 0.487. The Labute approximate surface area is 221 Å².